The van der Waals surface area contributed by atoms with E-state index >= 15 is 0 Å². The number of hydrogen-bond donors (Lipinski definition) is 1. The summed E-state index contributed by atoms with van der Waals surface area (Å²) in [6.07, 6.45) is -0.652. The zero-order chi connectivity index (χ0) is 13.1. The first-order valence-corrected chi connectivity index (χ1v) is 6.02. The van der Waals surface area contributed by atoms with E-state index in [1.54, 1.807) is 7.11 Å². The van der Waals surface area contributed by atoms with Gasteiger partial charge in [-0.25, -0.2) is 0 Å². The van der Waals surface area contributed by atoms with Gasteiger partial charge in [0.2, 0.25) is 0 Å². The third kappa shape index (κ3) is 2.24. The molecule has 2 aromatic carbocycles. The predicted molar refractivity (Wildman–Crippen MR) is 73.0 cm³/mol. The van der Waals surface area contributed by atoms with Crippen LogP contribution < -0.4 is 4.74 Å². The number of methoxy groups -OCH3 is 1. The second kappa shape index (κ2) is 5.23. The first-order valence-electron chi connectivity index (χ1n) is 6.02. The molecule has 2 heteroatoms. The van der Waals surface area contributed by atoms with E-state index in [-0.39, 0.29) is 0 Å². The van der Waals surface area contributed by atoms with Crippen LogP contribution >= 0.6 is 0 Å². The van der Waals surface area contributed by atoms with Crippen LogP contribution in [0.25, 0.3) is 0 Å². The third-order valence-corrected chi connectivity index (χ3v) is 3.37. The minimum Gasteiger partial charge on any atom is -0.496 e. The van der Waals surface area contributed by atoms with Crippen LogP contribution in [0.15, 0.2) is 42.5 Å². The molecule has 2 nitrogen and oxygen atoms in total. The van der Waals surface area contributed by atoms with Crippen molar-refractivity contribution in [2.45, 2.75) is 20.0 Å². The maximum absolute atomic E-state index is 10.5. The molecule has 0 amide bonds. The summed E-state index contributed by atoms with van der Waals surface area (Å²) < 4.78 is 5.30. The number of aliphatic hydroxyl groups excluding tert-OH is 1. The van der Waals surface area contributed by atoms with E-state index in [1.807, 2.05) is 56.3 Å². The highest BCUT2D eigenvalue weighted by molar-refractivity contribution is 5.44. The fourth-order valence-electron chi connectivity index (χ4n) is 2.13. The Bertz CT molecular complexity index is 547. The van der Waals surface area contributed by atoms with Gasteiger partial charge < -0.3 is 9.84 Å². The molecular weight excluding hydrogens is 224 g/mol. The lowest BCUT2D eigenvalue weighted by molar-refractivity contribution is 0.214. The maximum Gasteiger partial charge on any atom is 0.125 e. The predicted octanol–water partition coefficient (Wildman–Crippen LogP) is 3.39. The summed E-state index contributed by atoms with van der Waals surface area (Å²) in [7, 11) is 1.62. The summed E-state index contributed by atoms with van der Waals surface area (Å²) in [6, 6.07) is 13.5. The molecule has 0 fully saturated rings. The number of hydrogen-bond acceptors (Lipinski definition) is 2. The summed E-state index contributed by atoms with van der Waals surface area (Å²) in [4.78, 5) is 0. The van der Waals surface area contributed by atoms with Crippen LogP contribution in [0.5, 0.6) is 5.75 Å². The zero-order valence-electron chi connectivity index (χ0n) is 11.0. The highest BCUT2D eigenvalue weighted by Gasteiger charge is 2.17. The van der Waals surface area contributed by atoms with Crippen molar-refractivity contribution in [3.63, 3.8) is 0 Å². The third-order valence-electron chi connectivity index (χ3n) is 3.37. The normalized spacial score (nSPS) is 12.2. The molecule has 1 N–H and O–H groups in total. The molecular formula is C16H18O2. The molecule has 0 radical (unpaired) electrons. The van der Waals surface area contributed by atoms with Crippen molar-refractivity contribution in [1.29, 1.82) is 0 Å². The Morgan fingerprint density at radius 2 is 1.61 bits per heavy atom. The molecule has 2 rings (SSSR count). The first kappa shape index (κ1) is 12.7. The summed E-state index contributed by atoms with van der Waals surface area (Å²) >= 11 is 0. The molecule has 0 bridgehead atoms. The second-order valence-electron chi connectivity index (χ2n) is 4.43. The van der Waals surface area contributed by atoms with Crippen LogP contribution in [0.1, 0.15) is 28.4 Å². The van der Waals surface area contributed by atoms with Gasteiger partial charge in [0.1, 0.15) is 11.9 Å². The van der Waals surface area contributed by atoms with Crippen molar-refractivity contribution in [3.05, 3.63) is 64.7 Å². The van der Waals surface area contributed by atoms with Gasteiger partial charge in [0.05, 0.1) is 7.11 Å². The number of aliphatic hydroxyl groups is 1. The Morgan fingerprint density at radius 1 is 0.944 bits per heavy atom. The molecule has 18 heavy (non-hydrogen) atoms. The first-order chi connectivity index (χ1) is 8.65. The highest BCUT2D eigenvalue weighted by atomic mass is 16.5. The fraction of sp³-hybridized carbons (Fsp3) is 0.250. The van der Waals surface area contributed by atoms with E-state index in [0.29, 0.717) is 5.75 Å². The Hall–Kier alpha value is -1.80. The lowest BCUT2D eigenvalue weighted by Crippen LogP contribution is -2.05. The van der Waals surface area contributed by atoms with E-state index in [1.165, 1.54) is 5.56 Å². The van der Waals surface area contributed by atoms with Crippen LogP contribution in [0.2, 0.25) is 0 Å². The standard InChI is InChI=1S/C16H18O2/c1-11-7-6-9-13(12(11)2)16(17)14-8-4-5-10-15(14)18-3/h4-10,16-17H,1-3H3. The quantitative estimate of drug-likeness (QED) is 0.894. The lowest BCUT2D eigenvalue weighted by atomic mass is 9.94. The summed E-state index contributed by atoms with van der Waals surface area (Å²) in [5, 5.41) is 10.5. The van der Waals surface area contributed by atoms with Gasteiger partial charge in [-0.1, -0.05) is 36.4 Å². The average molecular weight is 242 g/mol. The molecule has 1 atom stereocenters. The number of rotatable bonds is 3. The molecule has 0 saturated heterocycles. The van der Waals surface area contributed by atoms with Gasteiger partial charge in [0, 0.05) is 5.56 Å². The van der Waals surface area contributed by atoms with Gasteiger partial charge in [-0.3, -0.25) is 0 Å². The Labute approximate surface area is 108 Å². The molecule has 2 aromatic rings. The monoisotopic (exact) mass is 242 g/mol. The smallest absolute Gasteiger partial charge is 0.125 e. The molecule has 0 saturated carbocycles. The van der Waals surface area contributed by atoms with Crippen LogP contribution in [-0.2, 0) is 0 Å². The van der Waals surface area contributed by atoms with E-state index in [9.17, 15) is 5.11 Å². The molecule has 0 aliphatic rings. The Kier molecular flexibility index (Phi) is 3.68. The van der Waals surface area contributed by atoms with Crippen LogP contribution in [0.4, 0.5) is 0 Å². The number of para-hydroxylation sites is 1. The lowest BCUT2D eigenvalue weighted by Gasteiger charge is -2.18. The second-order valence-corrected chi connectivity index (χ2v) is 4.43. The number of ether oxygens (including phenoxy) is 1. The van der Waals surface area contributed by atoms with Gasteiger partial charge >= 0.3 is 0 Å². The van der Waals surface area contributed by atoms with E-state index < -0.39 is 6.10 Å². The maximum atomic E-state index is 10.5. The minimum absolute atomic E-state index is 0.652. The highest BCUT2D eigenvalue weighted by Crippen LogP contribution is 2.31. The number of aryl methyl sites for hydroxylation is 1. The molecule has 94 valence electrons. The summed E-state index contributed by atoms with van der Waals surface area (Å²) in [6.45, 7) is 4.08. The molecule has 0 aromatic heterocycles. The van der Waals surface area contributed by atoms with Crippen LogP contribution in [0, 0.1) is 13.8 Å². The van der Waals surface area contributed by atoms with E-state index in [0.717, 1.165) is 16.7 Å². The summed E-state index contributed by atoms with van der Waals surface area (Å²) in [5.41, 5.74) is 4.03. The van der Waals surface area contributed by atoms with Crippen molar-refractivity contribution < 1.29 is 9.84 Å². The van der Waals surface area contributed by atoms with Crippen molar-refractivity contribution in [1.82, 2.24) is 0 Å². The summed E-state index contributed by atoms with van der Waals surface area (Å²) in [5.74, 6) is 0.714. The van der Waals surface area contributed by atoms with Gasteiger partial charge in [-0.2, -0.15) is 0 Å². The molecule has 0 aliphatic carbocycles. The van der Waals surface area contributed by atoms with Crippen molar-refractivity contribution in [2.75, 3.05) is 7.11 Å². The van der Waals surface area contributed by atoms with E-state index in [2.05, 4.69) is 0 Å². The number of benzene rings is 2. The van der Waals surface area contributed by atoms with Gasteiger partial charge in [0.15, 0.2) is 0 Å². The van der Waals surface area contributed by atoms with Gasteiger partial charge in [0.25, 0.3) is 0 Å². The van der Waals surface area contributed by atoms with Gasteiger partial charge in [-0.05, 0) is 36.6 Å². The van der Waals surface area contributed by atoms with Crippen LogP contribution in [-0.4, -0.2) is 12.2 Å². The van der Waals surface area contributed by atoms with E-state index in [4.69, 9.17) is 4.74 Å². The average Bonchev–Trinajstić information content (AvgIpc) is 2.41. The molecule has 0 spiro atoms. The minimum atomic E-state index is -0.652. The molecule has 0 aliphatic heterocycles. The molecule has 0 heterocycles. The van der Waals surface area contributed by atoms with Crippen LogP contribution in [0.3, 0.4) is 0 Å². The topological polar surface area (TPSA) is 29.5 Å². The van der Waals surface area contributed by atoms with Crippen molar-refractivity contribution >= 4 is 0 Å². The Balaban J connectivity index is 2.48. The Morgan fingerprint density at radius 3 is 2.33 bits per heavy atom. The van der Waals surface area contributed by atoms with Gasteiger partial charge in [-0.15, -0.1) is 0 Å². The van der Waals surface area contributed by atoms with Crippen molar-refractivity contribution in [2.24, 2.45) is 0 Å². The SMILES string of the molecule is COc1ccccc1C(O)c1cccc(C)c1C. The molecule has 1 unspecified atom stereocenters. The fourth-order valence-corrected chi connectivity index (χ4v) is 2.13. The zero-order valence-corrected chi connectivity index (χ0v) is 11.0. The largest absolute Gasteiger partial charge is 0.496 e. The van der Waals surface area contributed by atoms with Crippen molar-refractivity contribution in [3.8, 4) is 5.75 Å².